The lowest BCUT2D eigenvalue weighted by molar-refractivity contribution is -0.0643. The number of aliphatic hydroxyl groups is 2. The van der Waals surface area contributed by atoms with Crippen molar-refractivity contribution in [3.05, 3.63) is 105 Å². The largest absolute Gasteiger partial charge is 0.472 e. The highest BCUT2D eigenvalue weighted by molar-refractivity contribution is 7.48. The number of phosphoric ester groups is 4. The zero-order valence-electron chi connectivity index (χ0n) is 52.2. The van der Waals surface area contributed by atoms with Crippen LogP contribution in [-0.2, 0) is 78.1 Å². The van der Waals surface area contributed by atoms with E-state index in [-0.39, 0.29) is 75.6 Å². The number of H-pyrrole nitrogens is 4. The first-order chi connectivity index (χ1) is 48.3. The van der Waals surface area contributed by atoms with E-state index in [1.54, 1.807) is 0 Å². The van der Waals surface area contributed by atoms with Gasteiger partial charge in [0.1, 0.15) is 91.9 Å². The second-order valence-corrected chi connectivity index (χ2v) is 29.2. The third kappa shape index (κ3) is 15.4. The summed E-state index contributed by atoms with van der Waals surface area (Å²) in [7, 11) is -21.7. The van der Waals surface area contributed by atoms with Gasteiger partial charge in [0.25, 0.3) is 22.2 Å². The fourth-order valence-corrected chi connectivity index (χ4v) is 15.8. The number of ether oxygens (including phenoxy) is 5. The van der Waals surface area contributed by atoms with E-state index in [4.69, 9.17) is 82.8 Å². The number of aryl methyl sites for hydroxylation is 1. The van der Waals surface area contributed by atoms with Crippen LogP contribution in [0.15, 0.2) is 66.2 Å². The van der Waals surface area contributed by atoms with E-state index in [1.165, 1.54) is 39.3 Å². The average molecular weight is 1520 g/mol. The molecule has 5 aliphatic rings. The van der Waals surface area contributed by atoms with Crippen molar-refractivity contribution in [2.24, 2.45) is 0 Å². The van der Waals surface area contributed by atoms with Gasteiger partial charge in [0, 0.05) is 50.1 Å². The Labute approximate surface area is 564 Å². The van der Waals surface area contributed by atoms with Gasteiger partial charge in [-0.25, -0.2) is 42.8 Å². The summed E-state index contributed by atoms with van der Waals surface area (Å²) in [4.78, 5) is 158. The Morgan fingerprint density at radius 2 is 0.824 bits per heavy atom. The quantitative estimate of drug-likeness (QED) is 0.0235. The number of nitrogens with one attached hydrogen (secondary N) is 4. The second-order valence-electron chi connectivity index (χ2n) is 23.6. The molecule has 8 aromatic rings. The molecule has 8 aromatic heterocycles. The van der Waals surface area contributed by atoms with Crippen LogP contribution in [0.1, 0.15) is 68.8 Å². The first kappa shape index (κ1) is 72.3. The van der Waals surface area contributed by atoms with E-state index in [0.29, 0.717) is 0 Å². The van der Waals surface area contributed by atoms with Crippen LogP contribution in [0.2, 0.25) is 0 Å². The van der Waals surface area contributed by atoms with Crippen LogP contribution < -0.4 is 56.6 Å². The van der Waals surface area contributed by atoms with Gasteiger partial charge >= 0.3 is 42.7 Å². The zero-order valence-corrected chi connectivity index (χ0v) is 55.8. The number of hydrogen-bond acceptors (Lipinski definition) is 36. The molecule has 5 saturated heterocycles. The van der Waals surface area contributed by atoms with E-state index < -0.39 is 209 Å². The Kier molecular flexibility index (Phi) is 20.0. The van der Waals surface area contributed by atoms with Gasteiger partial charge in [-0.2, -0.15) is 19.9 Å². The van der Waals surface area contributed by atoms with Crippen LogP contribution in [0.25, 0.3) is 33.5 Å². The Morgan fingerprint density at radius 1 is 0.480 bits per heavy atom. The molecule has 13 rings (SSSR count). The molecule has 0 bridgehead atoms. The maximum atomic E-state index is 14.2. The molecule has 0 spiro atoms. The summed E-state index contributed by atoms with van der Waals surface area (Å²) in [6.45, 7) is -3.37. The molecule has 0 aliphatic carbocycles. The third-order valence-electron chi connectivity index (χ3n) is 16.7. The molecule has 0 aromatic carbocycles. The molecule has 0 saturated carbocycles. The highest BCUT2D eigenvalue weighted by Gasteiger charge is 2.50. The molecule has 0 amide bonds. The Morgan fingerprint density at radius 3 is 1.22 bits per heavy atom. The molecule has 49 nitrogen and oxygen atoms in total. The molecule has 0 radical (unpaired) electrons. The van der Waals surface area contributed by atoms with E-state index in [9.17, 15) is 76.8 Å². The van der Waals surface area contributed by atoms with Gasteiger partial charge in [0.05, 0.1) is 58.1 Å². The normalized spacial score (nSPS) is 29.2. The average Bonchev–Trinajstić information content (AvgIpc) is 1.64. The summed E-state index contributed by atoms with van der Waals surface area (Å²) in [6, 6.07) is 1.20. The Hall–Kier alpha value is -8.03. The molecule has 552 valence electrons. The molecular formula is C49H62N20O29P4. The van der Waals surface area contributed by atoms with Crippen molar-refractivity contribution in [1.29, 1.82) is 0 Å². The van der Waals surface area contributed by atoms with Crippen LogP contribution in [0, 0.1) is 6.92 Å². The summed E-state index contributed by atoms with van der Waals surface area (Å²) in [5, 5.41) is 21.2. The number of aromatic nitrogens is 16. The van der Waals surface area contributed by atoms with E-state index >= 15 is 0 Å². The third-order valence-corrected chi connectivity index (χ3v) is 20.7. The maximum absolute atomic E-state index is 14.2. The van der Waals surface area contributed by atoms with Gasteiger partial charge in [0.15, 0.2) is 33.5 Å². The minimum atomic E-state index is -5.54. The fourth-order valence-electron chi connectivity index (χ4n) is 12.0. The van der Waals surface area contributed by atoms with Gasteiger partial charge in [0.2, 0.25) is 17.8 Å². The fraction of sp³-hybridized carbons (Fsp3) is 0.531. The SMILES string of the molecule is Cc1cn([C@H]2C[C@H](OP(=O)(O)OC[C@H]3O[C@@H](n4ccc(N)nc4=O)C[C@@H]3OP(=O)(O)OC[C@H]3O[C@@H](n4cnc5c(=O)[nH]c(N)nc54)C[C@@H]3OP(=O)(O)OC[C@H]3O[C@@H](n4cnc5c(=O)[nH]c(N)nc54)C[C@@H]3O)[C@@H](COP(=O)(O)O[C@H]3C[C@H](n4cnc5c(=O)[nH]c(N)nc54)O[C@@H]3CO)O2)c(=O)[nH]c1=O. The van der Waals surface area contributed by atoms with Crippen LogP contribution >= 0.6 is 31.3 Å². The molecular weight excluding hydrogens is 1460 g/mol. The number of nitrogens with zero attached hydrogens (tertiary/aromatic N) is 12. The standard InChI is InChI=1S/C49H62N20O29P4/c1-18-9-66(49(77)64-41(18)72)32-7-22(27(93-32)13-87-100(80,81)95-20-5-33(90-24(20)10-70)68-16-55-36-39(68)59-46(52)62-43(36)74)97-102(84,85)88-12-26-21(6-31(92-26)65-3-2-29(50)57-48(65)76)96-101(82,83)89-14-28-23(8-34(94-28)69-17-56-37-40(69)60-47(53)63-44(37)75)98-99(78,79)86-11-25-19(71)4-30(91-25)67-15-54-35-38(67)58-45(51)61-42(35)73/h2-3,9,15-17,19-28,30-34,70-71H,4-8,10-14H2,1H3,(H,78,79)(H,80,81)(H,82,83)(H,84,85)(H2,50,57,76)(H,64,72,77)(H3,51,58,61,73)(H3,52,59,62,74)(H3,53,60,63,75)/t19-,20-,21-,22-,23-,24+,25+,26+,27+,28+,30+,31+,32+,33+,34+/m0/s1. The molecule has 102 heavy (non-hydrogen) atoms. The lowest BCUT2D eigenvalue weighted by Gasteiger charge is -2.25. The number of phosphoric acid groups is 4. The molecule has 18 N–H and O–H groups in total. The maximum Gasteiger partial charge on any atom is 0.472 e. The second kappa shape index (κ2) is 28.2. The van der Waals surface area contributed by atoms with Crippen molar-refractivity contribution in [1.82, 2.24) is 77.7 Å². The van der Waals surface area contributed by atoms with Crippen LogP contribution in [0.4, 0.5) is 23.7 Å². The first-order valence-corrected chi connectivity index (χ1v) is 36.3. The van der Waals surface area contributed by atoms with Gasteiger partial charge in [-0.05, 0) is 13.0 Å². The number of fused-ring (bicyclic) bond motifs is 3. The summed E-state index contributed by atoms with van der Waals surface area (Å²) in [5.74, 6) is -1.07. The van der Waals surface area contributed by atoms with E-state index in [1.807, 2.05) is 0 Å². The minimum absolute atomic E-state index is 0.00560. The molecule has 4 unspecified atom stereocenters. The van der Waals surface area contributed by atoms with Crippen molar-refractivity contribution in [3.63, 3.8) is 0 Å². The Bertz CT molecular complexity index is 5100. The predicted octanol–water partition coefficient (Wildman–Crippen LogP) is -3.37. The number of anilines is 4. The van der Waals surface area contributed by atoms with Crippen molar-refractivity contribution < 1.29 is 108 Å². The molecule has 5 fully saturated rings. The summed E-state index contributed by atoms with van der Waals surface area (Å²) >= 11 is 0. The van der Waals surface area contributed by atoms with Crippen molar-refractivity contribution in [3.8, 4) is 0 Å². The van der Waals surface area contributed by atoms with Gasteiger partial charge < -0.3 is 76.4 Å². The van der Waals surface area contributed by atoms with Crippen molar-refractivity contribution in [2.75, 3.05) is 56.0 Å². The predicted molar refractivity (Wildman–Crippen MR) is 335 cm³/mol. The molecule has 19 atom stereocenters. The summed E-state index contributed by atoms with van der Waals surface area (Å²) in [5.41, 5.74) is 17.5. The number of nitrogens with two attached hydrogens (primary N) is 4. The number of rotatable bonds is 26. The summed E-state index contributed by atoms with van der Waals surface area (Å²) < 4.78 is 135. The lowest BCUT2D eigenvalue weighted by atomic mass is 10.2. The molecule has 5 aliphatic heterocycles. The molecule has 53 heteroatoms. The molecule has 13 heterocycles. The Balaban J connectivity index is 0.693. The monoisotopic (exact) mass is 1520 g/mol. The first-order valence-electron chi connectivity index (χ1n) is 30.3. The topological polar surface area (TPSA) is 694 Å². The number of nitrogen functional groups attached to an aromatic ring is 4. The lowest BCUT2D eigenvalue weighted by Crippen LogP contribution is -2.33. The number of aliphatic hydroxyl groups excluding tert-OH is 2. The zero-order chi connectivity index (χ0) is 72.6. The minimum Gasteiger partial charge on any atom is -0.394 e. The van der Waals surface area contributed by atoms with Crippen LogP contribution in [-0.4, -0.2) is 202 Å². The van der Waals surface area contributed by atoms with Gasteiger partial charge in [-0.3, -0.25) is 98.1 Å². The van der Waals surface area contributed by atoms with Crippen LogP contribution in [0.3, 0.4) is 0 Å². The van der Waals surface area contributed by atoms with Gasteiger partial charge in [-0.1, -0.05) is 0 Å². The van der Waals surface area contributed by atoms with Crippen molar-refractivity contribution >= 4 is 88.4 Å². The van der Waals surface area contributed by atoms with Gasteiger partial charge in [-0.15, -0.1) is 0 Å². The smallest absolute Gasteiger partial charge is 0.394 e. The number of hydrogen-bond donors (Lipinski definition) is 14. The number of imidazole rings is 3. The highest BCUT2D eigenvalue weighted by Crippen LogP contribution is 2.55. The van der Waals surface area contributed by atoms with E-state index in [2.05, 4.69) is 54.8 Å². The van der Waals surface area contributed by atoms with Crippen LogP contribution in [0.5, 0.6) is 0 Å². The number of aromatic amines is 4. The summed E-state index contributed by atoms with van der Waals surface area (Å²) in [6.07, 6.45) is -18.1. The van der Waals surface area contributed by atoms with E-state index in [0.717, 1.165) is 27.9 Å². The van der Waals surface area contributed by atoms with Crippen molar-refractivity contribution in [2.45, 2.75) is 131 Å². The highest BCUT2D eigenvalue weighted by atomic mass is 31.2.